The fraction of sp³-hybridized carbons (Fsp3) is 0.619. The first-order valence-corrected chi connectivity index (χ1v) is 10.3. The van der Waals surface area contributed by atoms with Gasteiger partial charge in [-0.05, 0) is 45.2 Å². The van der Waals surface area contributed by atoms with Crippen LogP contribution in [0.3, 0.4) is 0 Å². The molecule has 0 bridgehead atoms. The normalized spacial score (nSPS) is 21.7. The predicted molar refractivity (Wildman–Crippen MR) is 105 cm³/mol. The second-order valence-electron chi connectivity index (χ2n) is 8.58. The van der Waals surface area contributed by atoms with Crippen LogP contribution in [0.25, 0.3) is 0 Å². The van der Waals surface area contributed by atoms with Gasteiger partial charge in [-0.15, -0.1) is 10.1 Å². The number of carbonyl (C=O) groups is 2. The molecule has 1 fully saturated rings. The van der Waals surface area contributed by atoms with Crippen LogP contribution in [0, 0.1) is 16.0 Å². The van der Waals surface area contributed by atoms with Crippen molar-refractivity contribution in [2.45, 2.75) is 63.4 Å². The van der Waals surface area contributed by atoms with Gasteiger partial charge in [-0.25, -0.2) is 4.79 Å². The third-order valence-electron chi connectivity index (χ3n) is 6.01. The summed E-state index contributed by atoms with van der Waals surface area (Å²) in [6, 6.07) is 1.82. The van der Waals surface area contributed by atoms with Crippen LogP contribution in [0.4, 0.5) is 8.78 Å². The molecule has 0 amide bonds. The summed E-state index contributed by atoms with van der Waals surface area (Å²) in [6.45, 7) is 3.00. The van der Waals surface area contributed by atoms with Crippen molar-refractivity contribution in [3.8, 4) is 11.5 Å². The molecule has 0 spiro atoms. The Morgan fingerprint density at radius 1 is 1.34 bits per heavy atom. The Kier molecular flexibility index (Phi) is 6.56. The lowest BCUT2D eigenvalue weighted by atomic mass is 9.66. The van der Waals surface area contributed by atoms with Crippen LogP contribution in [0.15, 0.2) is 12.1 Å². The molecule has 1 aliphatic carbocycles. The molecule has 1 heterocycles. The number of phenolic OH excluding ortho intramolecular Hbond substituents is 1. The number of nitrogens with zero attached hydrogens (tertiary/aromatic N) is 1. The molecule has 1 saturated carbocycles. The second-order valence-corrected chi connectivity index (χ2v) is 8.58. The van der Waals surface area contributed by atoms with Gasteiger partial charge in [0, 0.05) is 35.8 Å². The van der Waals surface area contributed by atoms with Crippen molar-refractivity contribution in [3.05, 3.63) is 33.4 Å². The van der Waals surface area contributed by atoms with E-state index in [4.69, 9.17) is 4.74 Å². The summed E-state index contributed by atoms with van der Waals surface area (Å²) < 4.78 is 40.1. The standard InChI is InChI=1S/C21H25F2NO8/c1-20(2)15-6-5-13(25)11-14(15)18-16(26)9-12(10-17(18)32-20)21(22,23)19(27)30-7-3-4-8-31-24(28)29/h9-10,14-15,26H,3-8,11H2,1-2H3/t14-,15-/m1/s1. The molecule has 0 radical (unpaired) electrons. The number of carbonyl (C=O) groups excluding carboxylic acids is 2. The number of ketones is 1. The lowest BCUT2D eigenvalue weighted by molar-refractivity contribution is -0.757. The molecule has 3 rings (SSSR count). The van der Waals surface area contributed by atoms with Crippen molar-refractivity contribution < 1.29 is 42.9 Å². The zero-order valence-corrected chi connectivity index (χ0v) is 17.8. The van der Waals surface area contributed by atoms with Crippen LogP contribution in [0.1, 0.15) is 63.0 Å². The number of halogens is 2. The van der Waals surface area contributed by atoms with Crippen LogP contribution in [0.5, 0.6) is 11.5 Å². The average Bonchev–Trinajstić information content (AvgIpc) is 2.68. The number of benzene rings is 1. The molecule has 1 N–H and O–H groups in total. The van der Waals surface area contributed by atoms with E-state index >= 15 is 0 Å². The smallest absolute Gasteiger partial charge is 0.381 e. The Balaban J connectivity index is 1.76. The molecule has 1 aromatic carbocycles. The van der Waals surface area contributed by atoms with Gasteiger partial charge in [-0.3, -0.25) is 4.79 Å². The van der Waals surface area contributed by atoms with Crippen molar-refractivity contribution in [1.82, 2.24) is 0 Å². The van der Waals surface area contributed by atoms with Gasteiger partial charge in [-0.1, -0.05) is 0 Å². The second kappa shape index (κ2) is 8.87. The number of hydrogen-bond donors (Lipinski definition) is 1. The Bertz CT molecular complexity index is 917. The summed E-state index contributed by atoms with van der Waals surface area (Å²) in [5.41, 5.74) is -1.22. The number of hydrogen-bond acceptors (Lipinski definition) is 8. The summed E-state index contributed by atoms with van der Waals surface area (Å²) in [5, 5.41) is 19.6. The average molecular weight is 457 g/mol. The number of alkyl halides is 2. The van der Waals surface area contributed by atoms with Crippen molar-refractivity contribution in [2.75, 3.05) is 13.2 Å². The molecule has 0 aromatic heterocycles. The topological polar surface area (TPSA) is 125 Å². The minimum absolute atomic E-state index is 0.0188. The first kappa shape index (κ1) is 23.7. The van der Waals surface area contributed by atoms with E-state index < -0.39 is 33.9 Å². The molecular formula is C21H25F2NO8. The highest BCUT2D eigenvalue weighted by Gasteiger charge is 2.49. The Morgan fingerprint density at radius 3 is 2.72 bits per heavy atom. The molecular weight excluding hydrogens is 432 g/mol. The Morgan fingerprint density at radius 2 is 2.03 bits per heavy atom. The van der Waals surface area contributed by atoms with Gasteiger partial charge in [0.25, 0.3) is 5.09 Å². The van der Waals surface area contributed by atoms with Gasteiger partial charge in [0.1, 0.15) is 22.9 Å². The highest BCUT2D eigenvalue weighted by Crippen LogP contribution is 2.54. The number of rotatable bonds is 8. The fourth-order valence-corrected chi connectivity index (χ4v) is 4.47. The van der Waals surface area contributed by atoms with Gasteiger partial charge in [0.15, 0.2) is 0 Å². The van der Waals surface area contributed by atoms with Crippen LogP contribution in [-0.2, 0) is 25.1 Å². The number of ether oxygens (including phenoxy) is 2. The zero-order valence-electron chi connectivity index (χ0n) is 17.8. The summed E-state index contributed by atoms with van der Waals surface area (Å²) in [5.74, 6) is -6.69. The van der Waals surface area contributed by atoms with E-state index in [0.29, 0.717) is 18.4 Å². The number of unbranched alkanes of at least 4 members (excludes halogenated alkanes) is 1. The maximum absolute atomic E-state index is 14.8. The van der Waals surface area contributed by atoms with E-state index in [1.54, 1.807) is 0 Å². The van der Waals surface area contributed by atoms with E-state index in [9.17, 15) is 33.6 Å². The first-order valence-electron chi connectivity index (χ1n) is 10.3. The highest BCUT2D eigenvalue weighted by atomic mass is 19.3. The molecule has 1 aliphatic heterocycles. The summed E-state index contributed by atoms with van der Waals surface area (Å²) in [4.78, 5) is 38.2. The van der Waals surface area contributed by atoms with E-state index in [-0.39, 0.29) is 55.8 Å². The lowest BCUT2D eigenvalue weighted by Crippen LogP contribution is -2.47. The summed E-state index contributed by atoms with van der Waals surface area (Å²) in [6.07, 6.45) is 1.41. The van der Waals surface area contributed by atoms with Gasteiger partial charge < -0.3 is 19.4 Å². The van der Waals surface area contributed by atoms with Gasteiger partial charge in [0.2, 0.25) is 0 Å². The van der Waals surface area contributed by atoms with E-state index in [1.807, 2.05) is 13.8 Å². The zero-order chi connectivity index (χ0) is 23.7. The fourth-order valence-electron chi connectivity index (χ4n) is 4.47. The summed E-state index contributed by atoms with van der Waals surface area (Å²) >= 11 is 0. The number of Topliss-reactive ketones (excluding diaryl/α,β-unsaturated/α-hetero) is 1. The van der Waals surface area contributed by atoms with Crippen molar-refractivity contribution >= 4 is 11.8 Å². The number of aromatic hydroxyl groups is 1. The van der Waals surface area contributed by atoms with Crippen LogP contribution < -0.4 is 4.74 Å². The Hall–Kier alpha value is -2.98. The molecule has 2 aliphatic rings. The van der Waals surface area contributed by atoms with Gasteiger partial charge in [0.05, 0.1) is 13.2 Å². The SMILES string of the molecule is CC1(C)Oc2cc(C(F)(F)C(=O)OCCCCO[N+](=O)[O-])cc(O)c2[C@@H]2CC(=O)CC[C@H]21. The third-order valence-corrected chi connectivity index (χ3v) is 6.01. The molecule has 176 valence electrons. The minimum Gasteiger partial charge on any atom is -0.508 e. The van der Waals surface area contributed by atoms with Crippen LogP contribution in [0.2, 0.25) is 0 Å². The van der Waals surface area contributed by atoms with Crippen LogP contribution >= 0.6 is 0 Å². The minimum atomic E-state index is -4.06. The maximum atomic E-state index is 14.8. The Labute approximate surface area is 182 Å². The van der Waals surface area contributed by atoms with Crippen molar-refractivity contribution in [2.24, 2.45) is 5.92 Å². The number of phenols is 1. The van der Waals surface area contributed by atoms with E-state index in [0.717, 1.165) is 12.1 Å². The molecule has 0 unspecified atom stereocenters. The third kappa shape index (κ3) is 4.76. The monoisotopic (exact) mass is 457 g/mol. The van der Waals surface area contributed by atoms with E-state index in [1.165, 1.54) is 0 Å². The van der Waals surface area contributed by atoms with Crippen molar-refractivity contribution in [1.29, 1.82) is 0 Å². The predicted octanol–water partition coefficient (Wildman–Crippen LogP) is 3.64. The van der Waals surface area contributed by atoms with Crippen LogP contribution in [-0.4, -0.2) is 40.8 Å². The first-order chi connectivity index (χ1) is 14.9. The maximum Gasteiger partial charge on any atom is 0.381 e. The van der Waals surface area contributed by atoms with E-state index in [2.05, 4.69) is 9.57 Å². The molecule has 0 saturated heterocycles. The number of fused-ring (bicyclic) bond motifs is 3. The van der Waals surface area contributed by atoms with Crippen molar-refractivity contribution in [3.63, 3.8) is 0 Å². The van der Waals surface area contributed by atoms with Gasteiger partial charge >= 0.3 is 11.9 Å². The molecule has 2 atom stereocenters. The summed E-state index contributed by atoms with van der Waals surface area (Å²) in [7, 11) is 0. The molecule has 11 heteroatoms. The number of esters is 1. The molecule has 1 aromatic rings. The molecule has 9 nitrogen and oxygen atoms in total. The largest absolute Gasteiger partial charge is 0.508 e. The quantitative estimate of drug-likeness (QED) is 0.271. The van der Waals surface area contributed by atoms with Gasteiger partial charge in [-0.2, -0.15) is 8.78 Å². The molecule has 32 heavy (non-hydrogen) atoms. The lowest BCUT2D eigenvalue weighted by Gasteiger charge is -2.47. The highest BCUT2D eigenvalue weighted by molar-refractivity contribution is 5.82.